The number of esters is 1. The molecule has 0 radical (unpaired) electrons. The van der Waals surface area contributed by atoms with Crippen molar-refractivity contribution in [2.24, 2.45) is 28.6 Å². The summed E-state index contributed by atoms with van der Waals surface area (Å²) in [5.74, 6) is -4.99. The number of hydrogen-bond acceptors (Lipinski definition) is 5. The van der Waals surface area contributed by atoms with Gasteiger partial charge in [-0.2, -0.15) is 0 Å². The Kier molecular flexibility index (Phi) is 5.92. The van der Waals surface area contributed by atoms with Crippen LogP contribution in [-0.4, -0.2) is 58.2 Å². The first kappa shape index (κ1) is 25.4. The molecular weight excluding hydrogens is 473 g/mol. The lowest BCUT2D eigenvalue weighted by Gasteiger charge is -2.64. The highest BCUT2D eigenvalue weighted by Gasteiger charge is 2.79. The SMILES string of the molecule is CCC(=O)O[C@]1(C(=O)CF)C(C)C[C@H]2[C@@H]3C(Cl)C(F)C4=CC(=O)C=C[C@]4(C)[C@@]3(F)C(O)C[C@@]21C. The number of ether oxygens (including phenoxy) is 1. The molecule has 1 N–H and O–H groups in total. The Morgan fingerprint density at radius 1 is 1.32 bits per heavy atom. The molecule has 0 saturated heterocycles. The van der Waals surface area contributed by atoms with Crippen LogP contribution in [0.15, 0.2) is 23.8 Å². The zero-order valence-electron chi connectivity index (χ0n) is 19.6. The molecule has 5 nitrogen and oxygen atoms in total. The van der Waals surface area contributed by atoms with E-state index in [1.165, 1.54) is 19.9 Å². The average molecular weight is 503 g/mol. The number of rotatable bonds is 4. The zero-order valence-corrected chi connectivity index (χ0v) is 20.4. The monoisotopic (exact) mass is 502 g/mol. The van der Waals surface area contributed by atoms with Gasteiger partial charge >= 0.3 is 5.97 Å². The van der Waals surface area contributed by atoms with E-state index in [1.807, 2.05) is 0 Å². The fourth-order valence-electron chi connectivity index (χ4n) is 7.69. The summed E-state index contributed by atoms with van der Waals surface area (Å²) in [5.41, 5.74) is -7.59. The smallest absolute Gasteiger partial charge is 0.306 e. The first-order valence-corrected chi connectivity index (χ1v) is 12.1. The van der Waals surface area contributed by atoms with Gasteiger partial charge < -0.3 is 9.84 Å². The molecule has 0 heterocycles. The number of aliphatic hydroxyl groups is 1. The lowest BCUT2D eigenvalue weighted by molar-refractivity contribution is -0.230. The quantitative estimate of drug-likeness (QED) is 0.464. The minimum absolute atomic E-state index is 0.0659. The molecule has 4 rings (SSSR count). The predicted molar refractivity (Wildman–Crippen MR) is 118 cm³/mol. The molecule has 3 saturated carbocycles. The van der Waals surface area contributed by atoms with Crippen LogP contribution < -0.4 is 0 Å². The number of hydrogen-bond donors (Lipinski definition) is 1. The van der Waals surface area contributed by atoms with Gasteiger partial charge in [-0.1, -0.05) is 26.8 Å². The van der Waals surface area contributed by atoms with E-state index in [0.29, 0.717) is 0 Å². The van der Waals surface area contributed by atoms with Crippen LogP contribution in [-0.2, 0) is 19.1 Å². The molecule has 4 aliphatic carbocycles. The molecule has 3 fully saturated rings. The Bertz CT molecular complexity index is 999. The summed E-state index contributed by atoms with van der Waals surface area (Å²) in [6.45, 7) is 4.76. The first-order valence-electron chi connectivity index (χ1n) is 11.7. The zero-order chi connectivity index (χ0) is 25.4. The van der Waals surface area contributed by atoms with E-state index < -0.39 is 81.7 Å². The number of allylic oxidation sites excluding steroid dienone is 4. The third kappa shape index (κ3) is 2.81. The summed E-state index contributed by atoms with van der Waals surface area (Å²) in [6, 6.07) is 0. The Labute approximate surface area is 201 Å². The van der Waals surface area contributed by atoms with Crippen molar-refractivity contribution in [2.75, 3.05) is 6.67 Å². The van der Waals surface area contributed by atoms with Crippen molar-refractivity contribution in [3.63, 3.8) is 0 Å². The average Bonchev–Trinajstić information content (AvgIpc) is 3.00. The molecule has 10 atom stereocenters. The highest BCUT2D eigenvalue weighted by molar-refractivity contribution is 6.22. The lowest BCUT2D eigenvalue weighted by Crippen LogP contribution is -2.73. The summed E-state index contributed by atoms with van der Waals surface area (Å²) >= 11 is 6.57. The molecule has 188 valence electrons. The van der Waals surface area contributed by atoms with Crippen molar-refractivity contribution in [3.05, 3.63) is 23.8 Å². The molecule has 9 heteroatoms. The summed E-state index contributed by atoms with van der Waals surface area (Å²) in [4.78, 5) is 37.5. The van der Waals surface area contributed by atoms with Crippen molar-refractivity contribution in [2.45, 2.75) is 75.9 Å². The van der Waals surface area contributed by atoms with Gasteiger partial charge in [0.05, 0.1) is 11.5 Å². The number of halogens is 4. The van der Waals surface area contributed by atoms with Crippen molar-refractivity contribution in [3.8, 4) is 0 Å². The second kappa shape index (κ2) is 7.92. The van der Waals surface area contributed by atoms with Gasteiger partial charge in [0.25, 0.3) is 0 Å². The van der Waals surface area contributed by atoms with Crippen molar-refractivity contribution in [1.82, 2.24) is 0 Å². The maximum Gasteiger partial charge on any atom is 0.306 e. The van der Waals surface area contributed by atoms with E-state index in [4.69, 9.17) is 16.3 Å². The van der Waals surface area contributed by atoms with Crippen LogP contribution in [0.4, 0.5) is 13.2 Å². The highest BCUT2D eigenvalue weighted by atomic mass is 35.5. The maximum atomic E-state index is 17.3. The molecule has 34 heavy (non-hydrogen) atoms. The van der Waals surface area contributed by atoms with E-state index in [2.05, 4.69) is 0 Å². The van der Waals surface area contributed by atoms with Crippen molar-refractivity contribution >= 4 is 29.1 Å². The Balaban J connectivity index is 1.92. The molecule has 0 amide bonds. The van der Waals surface area contributed by atoms with Crippen LogP contribution in [0.1, 0.15) is 47.0 Å². The standard InChI is InChI=1S/C25H30ClF3O5/c1-5-18(33)34-25(17(32)11-27)12(2)8-14-19-20(26)21(28)15-9-13(30)6-7-22(15,3)24(19,29)16(31)10-23(14,25)4/h6-7,9,12,14,16,19-21,31H,5,8,10-11H2,1-4H3/t12?,14-,16?,19+,20?,21?,22-,23-,24+,25-/m0/s1. The summed E-state index contributed by atoms with van der Waals surface area (Å²) in [5, 5.41) is 9.90. The van der Waals surface area contributed by atoms with Gasteiger partial charge in [0, 0.05) is 29.1 Å². The second-order valence-corrected chi connectivity index (χ2v) is 11.2. The van der Waals surface area contributed by atoms with Gasteiger partial charge in [-0.3, -0.25) is 14.4 Å². The van der Waals surface area contributed by atoms with Crippen LogP contribution in [0.25, 0.3) is 0 Å². The van der Waals surface area contributed by atoms with Crippen LogP contribution >= 0.6 is 11.6 Å². The normalized spacial score (nSPS) is 49.6. The Morgan fingerprint density at radius 2 is 1.97 bits per heavy atom. The third-order valence-electron chi connectivity index (χ3n) is 9.28. The number of aliphatic hydroxyl groups excluding tert-OH is 1. The van der Waals surface area contributed by atoms with E-state index >= 15 is 8.78 Å². The molecule has 0 spiro atoms. The van der Waals surface area contributed by atoms with Gasteiger partial charge in [0.2, 0.25) is 5.78 Å². The minimum atomic E-state index is -2.47. The van der Waals surface area contributed by atoms with Crippen LogP contribution in [0.3, 0.4) is 0 Å². The summed E-state index contributed by atoms with van der Waals surface area (Å²) in [6.07, 6.45) is -0.437. The molecule has 4 unspecified atom stereocenters. The van der Waals surface area contributed by atoms with Gasteiger partial charge in [-0.25, -0.2) is 13.2 Å². The molecule has 4 aliphatic rings. The van der Waals surface area contributed by atoms with E-state index in [1.54, 1.807) is 13.8 Å². The van der Waals surface area contributed by atoms with Crippen molar-refractivity contribution in [1.29, 1.82) is 0 Å². The highest BCUT2D eigenvalue weighted by Crippen LogP contribution is 2.72. The number of carbonyl (C=O) groups excluding carboxylic acids is 3. The Morgan fingerprint density at radius 3 is 2.56 bits per heavy atom. The van der Waals surface area contributed by atoms with Gasteiger partial charge in [-0.05, 0) is 43.4 Å². The molecule has 0 aromatic carbocycles. The fourth-order valence-corrected chi connectivity index (χ4v) is 8.18. The number of Topliss-reactive ketones (excluding diaryl/α,β-unsaturated/α-hetero) is 1. The minimum Gasteiger partial charge on any atom is -0.450 e. The fraction of sp³-hybridized carbons (Fsp3) is 0.720. The lowest BCUT2D eigenvalue weighted by atomic mass is 9.44. The van der Waals surface area contributed by atoms with E-state index in [9.17, 15) is 23.9 Å². The number of alkyl halides is 4. The number of ketones is 2. The molecule has 0 aromatic rings. The Hall–Kier alpha value is -1.67. The first-order chi connectivity index (χ1) is 15.8. The van der Waals surface area contributed by atoms with Gasteiger partial charge in [0.1, 0.15) is 6.17 Å². The second-order valence-electron chi connectivity index (χ2n) is 10.7. The van der Waals surface area contributed by atoms with Crippen LogP contribution in [0.2, 0.25) is 0 Å². The third-order valence-corrected chi connectivity index (χ3v) is 9.78. The largest absolute Gasteiger partial charge is 0.450 e. The van der Waals surface area contributed by atoms with E-state index in [0.717, 1.165) is 12.2 Å². The molecule has 0 bridgehead atoms. The number of fused-ring (bicyclic) bond motifs is 5. The van der Waals surface area contributed by atoms with Crippen LogP contribution in [0, 0.1) is 28.6 Å². The predicted octanol–water partition coefficient (Wildman–Crippen LogP) is 4.00. The summed E-state index contributed by atoms with van der Waals surface area (Å²) in [7, 11) is 0. The van der Waals surface area contributed by atoms with Gasteiger partial charge in [-0.15, -0.1) is 11.6 Å². The van der Waals surface area contributed by atoms with E-state index in [-0.39, 0.29) is 24.8 Å². The molecule has 0 aromatic heterocycles. The number of carbonyl (C=O) groups is 3. The van der Waals surface area contributed by atoms with Crippen molar-refractivity contribution < 1.29 is 37.4 Å². The molecule has 0 aliphatic heterocycles. The van der Waals surface area contributed by atoms with Gasteiger partial charge in [0.15, 0.2) is 23.7 Å². The summed E-state index contributed by atoms with van der Waals surface area (Å²) < 4.78 is 52.6. The topological polar surface area (TPSA) is 80.7 Å². The molecular formula is C25H30ClF3O5. The maximum absolute atomic E-state index is 17.3. The van der Waals surface area contributed by atoms with Crippen LogP contribution in [0.5, 0.6) is 0 Å².